The van der Waals surface area contributed by atoms with Gasteiger partial charge < -0.3 is 9.64 Å². The molecule has 1 aromatic rings. The van der Waals surface area contributed by atoms with Gasteiger partial charge in [0.1, 0.15) is 5.82 Å². The van der Waals surface area contributed by atoms with Crippen molar-refractivity contribution >= 4 is 11.9 Å². The fraction of sp³-hybridized carbons (Fsp3) is 0.500. The molecule has 0 aliphatic rings. The van der Waals surface area contributed by atoms with E-state index in [0.29, 0.717) is 18.7 Å². The average Bonchev–Trinajstić information content (AvgIpc) is 2.50. The van der Waals surface area contributed by atoms with Gasteiger partial charge in [-0.2, -0.15) is 0 Å². The van der Waals surface area contributed by atoms with Gasteiger partial charge in [0, 0.05) is 18.7 Å². The van der Waals surface area contributed by atoms with Gasteiger partial charge in [0.15, 0.2) is 0 Å². The SMILES string of the molecule is CCCCCN(CCC(=O)OC)C(=O)c1ccc(F)cc1. The fourth-order valence-electron chi connectivity index (χ4n) is 1.97. The number of hydrogen-bond acceptors (Lipinski definition) is 3. The third-order valence-electron chi connectivity index (χ3n) is 3.22. The number of methoxy groups -OCH3 is 1. The Morgan fingerprint density at radius 3 is 2.38 bits per heavy atom. The predicted octanol–water partition coefficient (Wildman–Crippen LogP) is 3.02. The molecule has 0 saturated heterocycles. The summed E-state index contributed by atoms with van der Waals surface area (Å²) in [6.07, 6.45) is 3.11. The quantitative estimate of drug-likeness (QED) is 0.547. The summed E-state index contributed by atoms with van der Waals surface area (Å²) in [5.74, 6) is -0.906. The van der Waals surface area contributed by atoms with E-state index in [-0.39, 0.29) is 24.1 Å². The van der Waals surface area contributed by atoms with E-state index < -0.39 is 0 Å². The molecule has 116 valence electrons. The number of unbranched alkanes of at least 4 members (excludes halogenated alkanes) is 2. The molecule has 1 amide bonds. The number of amides is 1. The molecule has 1 aromatic carbocycles. The van der Waals surface area contributed by atoms with Crippen LogP contribution in [0.1, 0.15) is 43.0 Å². The average molecular weight is 295 g/mol. The zero-order valence-corrected chi connectivity index (χ0v) is 12.6. The van der Waals surface area contributed by atoms with Crippen molar-refractivity contribution in [2.24, 2.45) is 0 Å². The van der Waals surface area contributed by atoms with Gasteiger partial charge in [0.2, 0.25) is 0 Å². The Labute approximate surface area is 124 Å². The Morgan fingerprint density at radius 2 is 1.81 bits per heavy atom. The first kappa shape index (κ1) is 17.1. The molecular formula is C16H22FNO3. The standard InChI is InChI=1S/C16H22FNO3/c1-3-4-5-11-18(12-10-15(19)21-2)16(20)13-6-8-14(17)9-7-13/h6-9H,3-5,10-12H2,1-2H3. The number of esters is 1. The third kappa shape index (κ3) is 5.94. The number of carbonyl (C=O) groups excluding carboxylic acids is 2. The maximum absolute atomic E-state index is 12.9. The number of halogens is 1. The number of rotatable bonds is 8. The molecule has 0 saturated carbocycles. The van der Waals surface area contributed by atoms with Gasteiger partial charge in [-0.25, -0.2) is 4.39 Å². The second-order valence-corrected chi connectivity index (χ2v) is 4.83. The summed E-state index contributed by atoms with van der Waals surface area (Å²) in [6, 6.07) is 5.45. The number of carbonyl (C=O) groups is 2. The van der Waals surface area contributed by atoms with Crippen molar-refractivity contribution in [1.82, 2.24) is 4.90 Å². The molecule has 4 nitrogen and oxygen atoms in total. The van der Waals surface area contributed by atoms with Crippen molar-refractivity contribution in [1.29, 1.82) is 0 Å². The van der Waals surface area contributed by atoms with Crippen molar-refractivity contribution in [2.45, 2.75) is 32.6 Å². The van der Waals surface area contributed by atoms with Gasteiger partial charge in [-0.3, -0.25) is 9.59 Å². The Morgan fingerprint density at radius 1 is 1.14 bits per heavy atom. The molecule has 0 atom stereocenters. The molecule has 0 aliphatic carbocycles. The summed E-state index contributed by atoms with van der Waals surface area (Å²) in [4.78, 5) is 25.3. The molecule has 0 spiro atoms. The lowest BCUT2D eigenvalue weighted by Crippen LogP contribution is -2.34. The van der Waals surface area contributed by atoms with Gasteiger partial charge in [-0.05, 0) is 30.7 Å². The van der Waals surface area contributed by atoms with Crippen LogP contribution < -0.4 is 0 Å². The van der Waals surface area contributed by atoms with Crippen LogP contribution in [0, 0.1) is 5.82 Å². The highest BCUT2D eigenvalue weighted by atomic mass is 19.1. The molecule has 21 heavy (non-hydrogen) atoms. The van der Waals surface area contributed by atoms with Crippen molar-refractivity contribution in [2.75, 3.05) is 20.2 Å². The van der Waals surface area contributed by atoms with Gasteiger partial charge in [-0.15, -0.1) is 0 Å². The maximum Gasteiger partial charge on any atom is 0.307 e. The van der Waals surface area contributed by atoms with E-state index in [0.717, 1.165) is 19.3 Å². The lowest BCUT2D eigenvalue weighted by Gasteiger charge is -2.22. The first-order valence-electron chi connectivity index (χ1n) is 7.20. The van der Waals surface area contributed by atoms with E-state index in [1.54, 1.807) is 4.90 Å². The molecular weight excluding hydrogens is 273 g/mol. The fourth-order valence-corrected chi connectivity index (χ4v) is 1.97. The Bertz CT molecular complexity index is 459. The molecule has 0 heterocycles. The lowest BCUT2D eigenvalue weighted by molar-refractivity contribution is -0.140. The summed E-state index contributed by atoms with van der Waals surface area (Å²) in [6.45, 7) is 2.98. The van der Waals surface area contributed by atoms with Crippen molar-refractivity contribution in [3.8, 4) is 0 Å². The maximum atomic E-state index is 12.9. The molecule has 0 N–H and O–H groups in total. The number of nitrogens with zero attached hydrogens (tertiary/aromatic N) is 1. The minimum Gasteiger partial charge on any atom is -0.469 e. The molecule has 1 rings (SSSR count). The monoisotopic (exact) mass is 295 g/mol. The first-order valence-corrected chi connectivity index (χ1v) is 7.20. The zero-order valence-electron chi connectivity index (χ0n) is 12.6. The van der Waals surface area contributed by atoms with Crippen LogP contribution in [0.4, 0.5) is 4.39 Å². The number of ether oxygens (including phenoxy) is 1. The van der Waals surface area contributed by atoms with E-state index in [1.807, 2.05) is 0 Å². The van der Waals surface area contributed by atoms with Crippen molar-refractivity contribution in [3.05, 3.63) is 35.6 Å². The molecule has 0 aromatic heterocycles. The second-order valence-electron chi connectivity index (χ2n) is 4.83. The van der Waals surface area contributed by atoms with E-state index in [9.17, 15) is 14.0 Å². The second kappa shape index (κ2) is 9.10. The Hall–Kier alpha value is -1.91. The van der Waals surface area contributed by atoms with Gasteiger partial charge >= 0.3 is 5.97 Å². The van der Waals surface area contributed by atoms with Crippen molar-refractivity contribution < 1.29 is 18.7 Å². The predicted molar refractivity (Wildman–Crippen MR) is 78.5 cm³/mol. The van der Waals surface area contributed by atoms with Crippen LogP contribution in [0.3, 0.4) is 0 Å². The lowest BCUT2D eigenvalue weighted by atomic mass is 10.1. The van der Waals surface area contributed by atoms with Crippen LogP contribution >= 0.6 is 0 Å². The van der Waals surface area contributed by atoms with E-state index in [4.69, 9.17) is 0 Å². The highest BCUT2D eigenvalue weighted by molar-refractivity contribution is 5.94. The summed E-state index contributed by atoms with van der Waals surface area (Å²) >= 11 is 0. The van der Waals surface area contributed by atoms with Crippen LogP contribution in [-0.2, 0) is 9.53 Å². The number of hydrogen-bond donors (Lipinski definition) is 0. The van der Waals surface area contributed by atoms with Crippen LogP contribution in [0.5, 0.6) is 0 Å². The van der Waals surface area contributed by atoms with E-state index >= 15 is 0 Å². The minimum atomic E-state index is -0.376. The summed E-state index contributed by atoms with van der Waals surface area (Å²) in [7, 11) is 1.32. The third-order valence-corrected chi connectivity index (χ3v) is 3.22. The topological polar surface area (TPSA) is 46.6 Å². The van der Waals surface area contributed by atoms with Crippen LogP contribution in [0.2, 0.25) is 0 Å². The molecule has 0 unspecified atom stereocenters. The summed E-state index contributed by atoms with van der Waals surface area (Å²) < 4.78 is 17.5. The molecule has 0 fully saturated rings. The highest BCUT2D eigenvalue weighted by Crippen LogP contribution is 2.09. The minimum absolute atomic E-state index is 0.162. The first-order chi connectivity index (χ1) is 10.1. The van der Waals surface area contributed by atoms with Gasteiger partial charge in [0.25, 0.3) is 5.91 Å². The molecule has 0 aliphatic heterocycles. The summed E-state index contributed by atoms with van der Waals surface area (Å²) in [5, 5.41) is 0. The molecule has 0 radical (unpaired) electrons. The Balaban J connectivity index is 2.70. The van der Waals surface area contributed by atoms with E-state index in [2.05, 4.69) is 11.7 Å². The largest absolute Gasteiger partial charge is 0.469 e. The van der Waals surface area contributed by atoms with Crippen molar-refractivity contribution in [3.63, 3.8) is 0 Å². The smallest absolute Gasteiger partial charge is 0.307 e. The van der Waals surface area contributed by atoms with Crippen LogP contribution in [-0.4, -0.2) is 37.0 Å². The van der Waals surface area contributed by atoms with Crippen LogP contribution in [0.25, 0.3) is 0 Å². The summed E-state index contributed by atoms with van der Waals surface area (Å²) in [5.41, 5.74) is 0.428. The zero-order chi connectivity index (χ0) is 15.7. The molecule has 5 heteroatoms. The van der Waals surface area contributed by atoms with Gasteiger partial charge in [-0.1, -0.05) is 19.8 Å². The highest BCUT2D eigenvalue weighted by Gasteiger charge is 2.16. The van der Waals surface area contributed by atoms with Gasteiger partial charge in [0.05, 0.1) is 13.5 Å². The Kier molecular flexibility index (Phi) is 7.43. The van der Waals surface area contributed by atoms with E-state index in [1.165, 1.54) is 31.4 Å². The van der Waals surface area contributed by atoms with Crippen LogP contribution in [0.15, 0.2) is 24.3 Å². The number of benzene rings is 1. The normalized spacial score (nSPS) is 10.2. The molecule has 0 bridgehead atoms.